The van der Waals surface area contributed by atoms with E-state index in [2.05, 4.69) is 6.58 Å². The summed E-state index contributed by atoms with van der Waals surface area (Å²) in [6, 6.07) is 0. The van der Waals surface area contributed by atoms with Crippen molar-refractivity contribution in [2.24, 2.45) is 0 Å². The van der Waals surface area contributed by atoms with Gasteiger partial charge in [0.25, 0.3) is 0 Å². The highest BCUT2D eigenvalue weighted by Crippen LogP contribution is 2.18. The maximum Gasteiger partial charge on any atom is 0.190 e. The number of allylic oxidation sites excluding steroid dienone is 4. The van der Waals surface area contributed by atoms with Crippen LogP contribution in [0.25, 0.3) is 0 Å². The third-order valence-electron chi connectivity index (χ3n) is 1.90. The molecule has 1 heterocycles. The summed E-state index contributed by atoms with van der Waals surface area (Å²) in [4.78, 5) is 11.1. The van der Waals surface area contributed by atoms with Gasteiger partial charge in [-0.05, 0) is 19.9 Å². The molecule has 3 nitrogen and oxygen atoms in total. The topological polar surface area (TPSA) is 35.5 Å². The fraction of sp³-hybridized carbons (Fsp3) is 0.364. The van der Waals surface area contributed by atoms with Gasteiger partial charge < -0.3 is 9.47 Å². The maximum atomic E-state index is 11.1. The standard InChI is InChI=1S/C11H14O3/c1-4-5-6-10-9(3)13-7-11(14-10)8(2)12/h4-6,11H,1,7H2,2-3H3/b6-5-. The molecule has 0 fully saturated rings. The summed E-state index contributed by atoms with van der Waals surface area (Å²) >= 11 is 0. The Morgan fingerprint density at radius 2 is 2.36 bits per heavy atom. The second-order valence-electron chi connectivity index (χ2n) is 3.04. The van der Waals surface area contributed by atoms with Crippen molar-refractivity contribution in [3.05, 3.63) is 36.3 Å². The Kier molecular flexibility index (Phi) is 3.51. The summed E-state index contributed by atoms with van der Waals surface area (Å²) in [5.41, 5.74) is 0. The van der Waals surface area contributed by atoms with Gasteiger partial charge in [0.15, 0.2) is 17.6 Å². The zero-order chi connectivity index (χ0) is 10.6. The van der Waals surface area contributed by atoms with Crippen LogP contribution in [-0.4, -0.2) is 18.5 Å². The molecule has 0 N–H and O–H groups in total. The van der Waals surface area contributed by atoms with E-state index < -0.39 is 6.10 Å². The maximum absolute atomic E-state index is 11.1. The second kappa shape index (κ2) is 4.65. The molecule has 0 saturated carbocycles. The predicted octanol–water partition coefficient (Wildman–Crippen LogP) is 1.96. The lowest BCUT2D eigenvalue weighted by atomic mass is 10.2. The molecular weight excluding hydrogens is 180 g/mol. The summed E-state index contributed by atoms with van der Waals surface area (Å²) in [5, 5.41) is 0. The first kappa shape index (κ1) is 10.6. The minimum atomic E-state index is -0.483. The van der Waals surface area contributed by atoms with Crippen LogP contribution in [0.1, 0.15) is 13.8 Å². The Hall–Kier alpha value is -1.51. The first-order valence-corrected chi connectivity index (χ1v) is 4.45. The van der Waals surface area contributed by atoms with Crippen molar-refractivity contribution in [1.29, 1.82) is 0 Å². The van der Waals surface area contributed by atoms with Crippen LogP contribution < -0.4 is 0 Å². The van der Waals surface area contributed by atoms with E-state index in [1.165, 1.54) is 6.92 Å². The average Bonchev–Trinajstić information content (AvgIpc) is 2.16. The highest BCUT2D eigenvalue weighted by atomic mass is 16.6. The molecule has 0 aromatic carbocycles. The molecule has 1 rings (SSSR count). The molecule has 0 aromatic rings. The molecule has 1 aliphatic rings. The van der Waals surface area contributed by atoms with Gasteiger partial charge in [-0.3, -0.25) is 4.79 Å². The molecule has 0 amide bonds. The fourth-order valence-corrected chi connectivity index (χ4v) is 1.05. The molecule has 1 unspecified atom stereocenters. The monoisotopic (exact) mass is 194 g/mol. The first-order chi connectivity index (χ1) is 6.65. The minimum Gasteiger partial charge on any atom is -0.490 e. The number of carbonyl (C=O) groups is 1. The van der Waals surface area contributed by atoms with Gasteiger partial charge in [0, 0.05) is 0 Å². The number of hydrogen-bond acceptors (Lipinski definition) is 3. The van der Waals surface area contributed by atoms with Gasteiger partial charge in [-0.1, -0.05) is 18.7 Å². The van der Waals surface area contributed by atoms with Gasteiger partial charge >= 0.3 is 0 Å². The zero-order valence-corrected chi connectivity index (χ0v) is 8.45. The normalized spacial score (nSPS) is 21.7. The summed E-state index contributed by atoms with van der Waals surface area (Å²) in [7, 11) is 0. The van der Waals surface area contributed by atoms with Crippen LogP contribution in [0.3, 0.4) is 0 Å². The molecule has 0 spiro atoms. The Balaban J connectivity index is 2.76. The SMILES string of the molecule is C=C/C=C\C1=C(C)OCC(C(C)=O)O1. The van der Waals surface area contributed by atoms with Gasteiger partial charge in [-0.15, -0.1) is 0 Å². The Bertz CT molecular complexity index is 300. The van der Waals surface area contributed by atoms with Crippen LogP contribution in [0.4, 0.5) is 0 Å². The quantitative estimate of drug-likeness (QED) is 0.644. The summed E-state index contributed by atoms with van der Waals surface area (Å²) in [5.74, 6) is 1.26. The lowest BCUT2D eigenvalue weighted by Crippen LogP contribution is -2.30. The number of carbonyl (C=O) groups excluding carboxylic acids is 1. The highest BCUT2D eigenvalue weighted by molar-refractivity contribution is 5.80. The van der Waals surface area contributed by atoms with Gasteiger partial charge in [0.2, 0.25) is 0 Å². The number of ether oxygens (including phenoxy) is 2. The number of hydrogen-bond donors (Lipinski definition) is 0. The average molecular weight is 194 g/mol. The van der Waals surface area contributed by atoms with Crippen molar-refractivity contribution in [2.45, 2.75) is 20.0 Å². The summed E-state index contributed by atoms with van der Waals surface area (Å²) in [6.45, 7) is 7.14. The van der Waals surface area contributed by atoms with Crippen LogP contribution in [0.2, 0.25) is 0 Å². The van der Waals surface area contributed by atoms with Gasteiger partial charge in [-0.2, -0.15) is 0 Å². The van der Waals surface area contributed by atoms with Gasteiger partial charge in [0.1, 0.15) is 12.4 Å². The van der Waals surface area contributed by atoms with Crippen LogP contribution >= 0.6 is 0 Å². The van der Waals surface area contributed by atoms with E-state index in [9.17, 15) is 4.79 Å². The zero-order valence-electron chi connectivity index (χ0n) is 8.45. The number of Topliss-reactive ketones (excluding diaryl/α,β-unsaturated/α-hetero) is 1. The molecule has 1 atom stereocenters. The molecule has 76 valence electrons. The van der Waals surface area contributed by atoms with Gasteiger partial charge in [-0.25, -0.2) is 0 Å². The van der Waals surface area contributed by atoms with E-state index in [0.717, 1.165) is 0 Å². The van der Waals surface area contributed by atoms with E-state index >= 15 is 0 Å². The third kappa shape index (κ3) is 2.49. The molecule has 0 saturated heterocycles. The van der Waals surface area contributed by atoms with Crippen molar-refractivity contribution >= 4 is 5.78 Å². The molecule has 0 aliphatic carbocycles. The van der Waals surface area contributed by atoms with E-state index in [1.54, 1.807) is 25.2 Å². The molecular formula is C11H14O3. The van der Waals surface area contributed by atoms with E-state index in [4.69, 9.17) is 9.47 Å². The molecule has 1 aliphatic heterocycles. The number of rotatable bonds is 3. The van der Waals surface area contributed by atoms with Crippen LogP contribution in [0.15, 0.2) is 36.3 Å². The Morgan fingerprint density at radius 1 is 1.64 bits per heavy atom. The second-order valence-corrected chi connectivity index (χ2v) is 3.04. The lowest BCUT2D eigenvalue weighted by Gasteiger charge is -2.24. The molecule has 3 heteroatoms. The van der Waals surface area contributed by atoms with Crippen molar-refractivity contribution in [1.82, 2.24) is 0 Å². The van der Waals surface area contributed by atoms with Crippen molar-refractivity contribution < 1.29 is 14.3 Å². The molecule has 14 heavy (non-hydrogen) atoms. The Morgan fingerprint density at radius 3 is 2.93 bits per heavy atom. The Labute approximate surface area is 83.7 Å². The van der Waals surface area contributed by atoms with Crippen molar-refractivity contribution in [3.63, 3.8) is 0 Å². The van der Waals surface area contributed by atoms with Crippen molar-refractivity contribution in [2.75, 3.05) is 6.61 Å². The largest absolute Gasteiger partial charge is 0.490 e. The van der Waals surface area contributed by atoms with Gasteiger partial charge in [0.05, 0.1) is 0 Å². The van der Waals surface area contributed by atoms with Crippen molar-refractivity contribution in [3.8, 4) is 0 Å². The summed E-state index contributed by atoms with van der Waals surface area (Å²) in [6.07, 6.45) is 4.63. The molecule has 0 bridgehead atoms. The smallest absolute Gasteiger partial charge is 0.190 e. The minimum absolute atomic E-state index is 0.0259. The third-order valence-corrected chi connectivity index (χ3v) is 1.90. The van der Waals surface area contributed by atoms with Crippen LogP contribution in [-0.2, 0) is 14.3 Å². The fourth-order valence-electron chi connectivity index (χ4n) is 1.05. The first-order valence-electron chi connectivity index (χ1n) is 4.45. The number of ketones is 1. The van der Waals surface area contributed by atoms with E-state index in [-0.39, 0.29) is 5.78 Å². The lowest BCUT2D eigenvalue weighted by molar-refractivity contribution is -0.130. The molecule has 0 radical (unpaired) electrons. The van der Waals surface area contributed by atoms with E-state index in [0.29, 0.717) is 18.1 Å². The summed E-state index contributed by atoms with van der Waals surface area (Å²) < 4.78 is 10.7. The highest BCUT2D eigenvalue weighted by Gasteiger charge is 2.23. The molecule has 0 aromatic heterocycles. The van der Waals surface area contributed by atoms with Crippen LogP contribution in [0.5, 0.6) is 0 Å². The van der Waals surface area contributed by atoms with Crippen LogP contribution in [0, 0.1) is 0 Å². The predicted molar refractivity (Wildman–Crippen MR) is 53.5 cm³/mol. The van der Waals surface area contributed by atoms with E-state index in [1.807, 2.05) is 0 Å².